The zero-order chi connectivity index (χ0) is 21.0. The largest absolute Gasteiger partial charge is 0.368 e. The molecule has 2 atom stereocenters. The first-order valence-corrected chi connectivity index (χ1v) is 9.06. The predicted octanol–water partition coefficient (Wildman–Crippen LogP) is 4.39. The Labute approximate surface area is 167 Å². The van der Waals surface area contributed by atoms with E-state index in [0.29, 0.717) is 11.1 Å². The van der Waals surface area contributed by atoms with Crippen molar-refractivity contribution in [2.75, 3.05) is 0 Å². The van der Waals surface area contributed by atoms with E-state index in [2.05, 4.69) is 0 Å². The topological polar surface area (TPSA) is 63.4 Å². The van der Waals surface area contributed by atoms with Gasteiger partial charge in [-0.05, 0) is 54.4 Å². The van der Waals surface area contributed by atoms with Crippen LogP contribution in [0, 0.1) is 11.6 Å². The van der Waals surface area contributed by atoms with Crippen LogP contribution in [0.2, 0.25) is 0 Å². The minimum Gasteiger partial charge on any atom is -0.368 e. The molecule has 0 spiro atoms. The molecular formula is C23H20F2N2O2. The van der Waals surface area contributed by atoms with E-state index in [-0.39, 0.29) is 5.56 Å². The van der Waals surface area contributed by atoms with E-state index in [1.54, 1.807) is 43.3 Å². The molecular weight excluding hydrogens is 374 g/mol. The molecule has 0 saturated carbocycles. The number of hydrogen-bond donors (Lipinski definition) is 1. The summed E-state index contributed by atoms with van der Waals surface area (Å²) in [7, 11) is 0. The highest BCUT2D eigenvalue weighted by Gasteiger charge is 2.34. The lowest BCUT2D eigenvalue weighted by atomic mass is 9.98. The molecule has 0 heterocycles. The molecule has 0 aliphatic rings. The second-order valence-corrected chi connectivity index (χ2v) is 6.67. The summed E-state index contributed by atoms with van der Waals surface area (Å²) in [6.45, 7) is 1.69. The number of hydrogen-bond acceptors (Lipinski definition) is 2. The molecule has 0 saturated heterocycles. The van der Waals surface area contributed by atoms with Gasteiger partial charge in [-0.3, -0.25) is 9.59 Å². The van der Waals surface area contributed by atoms with Crippen molar-refractivity contribution in [1.82, 2.24) is 4.90 Å². The third kappa shape index (κ3) is 4.48. The maximum absolute atomic E-state index is 13.8. The summed E-state index contributed by atoms with van der Waals surface area (Å²) in [6.07, 6.45) is 0. The maximum atomic E-state index is 13.8. The van der Waals surface area contributed by atoms with Crippen LogP contribution in [-0.4, -0.2) is 16.7 Å². The zero-order valence-corrected chi connectivity index (χ0v) is 15.8. The second-order valence-electron chi connectivity index (χ2n) is 6.67. The number of carbonyl (C=O) groups is 2. The number of nitrogens with two attached hydrogens (primary N) is 1. The van der Waals surface area contributed by atoms with Gasteiger partial charge < -0.3 is 10.6 Å². The van der Waals surface area contributed by atoms with Gasteiger partial charge >= 0.3 is 0 Å². The Morgan fingerprint density at radius 3 is 2.03 bits per heavy atom. The average molecular weight is 394 g/mol. The second kappa shape index (κ2) is 8.65. The van der Waals surface area contributed by atoms with Crippen LogP contribution in [0.25, 0.3) is 0 Å². The summed E-state index contributed by atoms with van der Waals surface area (Å²) >= 11 is 0. The van der Waals surface area contributed by atoms with Gasteiger partial charge in [0.05, 0.1) is 6.04 Å². The van der Waals surface area contributed by atoms with Crippen molar-refractivity contribution >= 4 is 11.8 Å². The van der Waals surface area contributed by atoms with E-state index in [9.17, 15) is 18.4 Å². The Morgan fingerprint density at radius 1 is 0.828 bits per heavy atom. The maximum Gasteiger partial charge on any atom is 0.255 e. The normalized spacial score (nSPS) is 12.8. The molecule has 29 heavy (non-hydrogen) atoms. The van der Waals surface area contributed by atoms with Gasteiger partial charge in [0.15, 0.2) is 0 Å². The highest BCUT2D eigenvalue weighted by molar-refractivity contribution is 5.98. The van der Waals surface area contributed by atoms with Crippen molar-refractivity contribution in [2.45, 2.75) is 19.0 Å². The lowest BCUT2D eigenvalue weighted by Gasteiger charge is -2.35. The Hall–Kier alpha value is -3.54. The molecule has 0 aliphatic carbocycles. The van der Waals surface area contributed by atoms with E-state index in [1.807, 2.05) is 0 Å². The molecule has 2 N–H and O–H groups in total. The Bertz CT molecular complexity index is 1010. The smallest absolute Gasteiger partial charge is 0.255 e. The van der Waals surface area contributed by atoms with Crippen LogP contribution in [0.1, 0.15) is 40.5 Å². The fraction of sp³-hybridized carbons (Fsp3) is 0.130. The van der Waals surface area contributed by atoms with Crippen LogP contribution in [-0.2, 0) is 4.79 Å². The summed E-state index contributed by atoms with van der Waals surface area (Å²) < 4.78 is 27.1. The molecule has 0 fully saturated rings. The molecule has 0 bridgehead atoms. The van der Waals surface area contributed by atoms with Crippen LogP contribution < -0.4 is 5.73 Å². The first-order chi connectivity index (χ1) is 13.9. The molecule has 3 aromatic carbocycles. The van der Waals surface area contributed by atoms with Gasteiger partial charge in [0.2, 0.25) is 5.91 Å². The van der Waals surface area contributed by atoms with Gasteiger partial charge in [0.25, 0.3) is 5.91 Å². The van der Waals surface area contributed by atoms with E-state index in [1.165, 1.54) is 47.4 Å². The number of rotatable bonds is 6. The minimum atomic E-state index is -1.09. The summed E-state index contributed by atoms with van der Waals surface area (Å²) in [5.41, 5.74) is 6.91. The molecule has 4 nitrogen and oxygen atoms in total. The summed E-state index contributed by atoms with van der Waals surface area (Å²) in [5, 5.41) is 0. The third-order valence-corrected chi connectivity index (χ3v) is 4.74. The van der Waals surface area contributed by atoms with Crippen LogP contribution in [0.4, 0.5) is 8.78 Å². The Balaban J connectivity index is 2.12. The molecule has 3 rings (SSSR count). The van der Waals surface area contributed by atoms with E-state index in [4.69, 9.17) is 5.73 Å². The summed E-state index contributed by atoms with van der Waals surface area (Å²) in [4.78, 5) is 27.1. The number of halogens is 2. The SMILES string of the molecule is C[C@H](c1cccc(F)c1)N(C(=O)c1ccc(F)cc1)[C@@H](C(N)=O)c1ccccc1. The van der Waals surface area contributed by atoms with Crippen molar-refractivity contribution in [3.63, 3.8) is 0 Å². The van der Waals surface area contributed by atoms with Crippen molar-refractivity contribution in [2.24, 2.45) is 5.73 Å². The molecule has 148 valence electrons. The summed E-state index contributed by atoms with van der Waals surface area (Å²) in [6, 6.07) is 17.7. The number of amides is 2. The van der Waals surface area contributed by atoms with Crippen molar-refractivity contribution in [3.8, 4) is 0 Å². The molecule has 3 aromatic rings. The van der Waals surface area contributed by atoms with Gasteiger partial charge in [0, 0.05) is 5.56 Å². The number of nitrogens with zero attached hydrogens (tertiary/aromatic N) is 1. The first kappa shape index (κ1) is 20.2. The average Bonchev–Trinajstić information content (AvgIpc) is 2.72. The van der Waals surface area contributed by atoms with Crippen LogP contribution >= 0.6 is 0 Å². The zero-order valence-electron chi connectivity index (χ0n) is 15.8. The molecule has 6 heteroatoms. The summed E-state index contributed by atoms with van der Waals surface area (Å²) in [5.74, 6) is -2.19. The number of carbonyl (C=O) groups excluding carboxylic acids is 2. The fourth-order valence-corrected chi connectivity index (χ4v) is 3.28. The minimum absolute atomic E-state index is 0.192. The first-order valence-electron chi connectivity index (χ1n) is 9.06. The van der Waals surface area contributed by atoms with Crippen molar-refractivity contribution in [1.29, 1.82) is 0 Å². The monoisotopic (exact) mass is 394 g/mol. The number of primary amides is 1. The van der Waals surface area contributed by atoms with Gasteiger partial charge in [-0.15, -0.1) is 0 Å². The van der Waals surface area contributed by atoms with E-state index in [0.717, 1.165) is 0 Å². The molecule has 0 unspecified atom stereocenters. The molecule has 0 aromatic heterocycles. The Kier molecular flexibility index (Phi) is 6.02. The van der Waals surface area contributed by atoms with E-state index < -0.39 is 35.5 Å². The highest BCUT2D eigenvalue weighted by atomic mass is 19.1. The van der Waals surface area contributed by atoms with Crippen LogP contribution in [0.15, 0.2) is 78.9 Å². The Morgan fingerprint density at radius 2 is 1.45 bits per heavy atom. The fourth-order valence-electron chi connectivity index (χ4n) is 3.28. The molecule has 0 aliphatic heterocycles. The highest BCUT2D eigenvalue weighted by Crippen LogP contribution is 2.32. The molecule has 2 amide bonds. The van der Waals surface area contributed by atoms with Crippen LogP contribution in [0.5, 0.6) is 0 Å². The van der Waals surface area contributed by atoms with Gasteiger partial charge in [-0.2, -0.15) is 0 Å². The molecule has 0 radical (unpaired) electrons. The quantitative estimate of drug-likeness (QED) is 0.674. The predicted molar refractivity (Wildman–Crippen MR) is 106 cm³/mol. The lowest BCUT2D eigenvalue weighted by Crippen LogP contribution is -2.43. The number of benzene rings is 3. The standard InChI is InChI=1S/C23H20F2N2O2/c1-15(18-8-5-9-20(25)14-18)27(23(29)17-10-12-19(24)13-11-17)21(22(26)28)16-6-3-2-4-7-16/h2-15,21H,1H3,(H2,26,28)/t15-,21-/m1/s1. The van der Waals surface area contributed by atoms with Gasteiger partial charge in [-0.1, -0.05) is 42.5 Å². The van der Waals surface area contributed by atoms with Gasteiger partial charge in [0.1, 0.15) is 17.7 Å². The van der Waals surface area contributed by atoms with Crippen LogP contribution in [0.3, 0.4) is 0 Å². The van der Waals surface area contributed by atoms with Crippen molar-refractivity contribution < 1.29 is 18.4 Å². The van der Waals surface area contributed by atoms with Crippen molar-refractivity contribution in [3.05, 3.63) is 107 Å². The van der Waals surface area contributed by atoms with Gasteiger partial charge in [-0.25, -0.2) is 8.78 Å². The third-order valence-electron chi connectivity index (χ3n) is 4.74. The van der Waals surface area contributed by atoms with E-state index >= 15 is 0 Å². The lowest BCUT2D eigenvalue weighted by molar-refractivity contribution is -0.123.